The fourth-order valence-corrected chi connectivity index (χ4v) is 4.76. The number of esters is 2. The Kier molecular flexibility index (Phi) is 9.31. The molecule has 196 valence electrons. The van der Waals surface area contributed by atoms with E-state index in [1.807, 2.05) is 52.0 Å². The lowest BCUT2D eigenvalue weighted by Gasteiger charge is -2.38. The third kappa shape index (κ3) is 5.98. The predicted molar refractivity (Wildman–Crippen MR) is 134 cm³/mol. The van der Waals surface area contributed by atoms with E-state index in [0.29, 0.717) is 35.6 Å². The molecule has 1 aliphatic carbocycles. The fraction of sp³-hybridized carbons (Fsp3) is 0.536. The van der Waals surface area contributed by atoms with Crippen LogP contribution in [0.25, 0.3) is 0 Å². The summed E-state index contributed by atoms with van der Waals surface area (Å²) in [6.45, 7) is 10.5. The second-order valence-corrected chi connectivity index (χ2v) is 9.51. The minimum atomic E-state index is -0.930. The number of hydrogen-bond donors (Lipinski definition) is 1. The maximum absolute atomic E-state index is 13.8. The largest absolute Gasteiger partial charge is 0.494 e. The summed E-state index contributed by atoms with van der Waals surface area (Å²) in [4.78, 5) is 39.6. The summed E-state index contributed by atoms with van der Waals surface area (Å²) >= 11 is 0. The van der Waals surface area contributed by atoms with E-state index in [4.69, 9.17) is 18.9 Å². The Bertz CT molecular complexity index is 1040. The zero-order valence-corrected chi connectivity index (χ0v) is 22.0. The third-order valence-electron chi connectivity index (χ3n) is 6.42. The number of carbonyl (C=O) groups excluding carboxylic acids is 3. The van der Waals surface area contributed by atoms with Gasteiger partial charge in [-0.05, 0) is 57.2 Å². The smallest absolute Gasteiger partial charge is 0.336 e. The molecule has 0 fully saturated rings. The van der Waals surface area contributed by atoms with Crippen molar-refractivity contribution in [2.24, 2.45) is 11.8 Å². The topological polar surface area (TPSA) is 100 Å². The highest BCUT2D eigenvalue weighted by atomic mass is 16.6. The minimum Gasteiger partial charge on any atom is -0.494 e. The van der Waals surface area contributed by atoms with Gasteiger partial charge in [0.1, 0.15) is 18.3 Å². The van der Waals surface area contributed by atoms with Crippen LogP contribution in [0.15, 0.2) is 46.8 Å². The van der Waals surface area contributed by atoms with Crippen molar-refractivity contribution in [2.45, 2.75) is 59.5 Å². The summed E-state index contributed by atoms with van der Waals surface area (Å²) in [6, 6.07) is 7.37. The number of nitrogens with one attached hydrogen (secondary N) is 1. The molecule has 0 bridgehead atoms. The molecular weight excluding hydrogens is 462 g/mol. The van der Waals surface area contributed by atoms with Crippen molar-refractivity contribution in [2.75, 3.05) is 26.9 Å². The summed E-state index contributed by atoms with van der Waals surface area (Å²) < 4.78 is 21.7. The van der Waals surface area contributed by atoms with Gasteiger partial charge in [0.15, 0.2) is 5.78 Å². The van der Waals surface area contributed by atoms with Crippen LogP contribution >= 0.6 is 0 Å². The van der Waals surface area contributed by atoms with Crippen LogP contribution in [0.2, 0.25) is 0 Å². The van der Waals surface area contributed by atoms with Gasteiger partial charge in [-0.2, -0.15) is 0 Å². The Morgan fingerprint density at radius 1 is 1.11 bits per heavy atom. The number of Topliss-reactive ketones (excluding diaryl/α,β-unsaturated/α-hetero) is 1. The standard InChI is InChI=1S/C28H37NO7/c1-7-12-35-20-10-8-19(9-11-20)24-23(28(32)36-14-13-34-16(2)3)18(5)29-21-15-17(4)22(27(31)33-6)26(30)25(21)24/h8-11,16-17,22,24,29H,7,12-15H2,1-6H3/t17-,22+,24+/m0/s1. The third-order valence-corrected chi connectivity index (χ3v) is 6.42. The second kappa shape index (κ2) is 12.2. The SMILES string of the molecule is CCCOc1ccc([C@@H]2C(C(=O)OCCOC(C)C)=C(C)NC3=C2C(=O)[C@H](C(=O)OC)[C@@H](C)C3)cc1. The van der Waals surface area contributed by atoms with E-state index in [1.165, 1.54) is 7.11 Å². The Morgan fingerprint density at radius 3 is 2.42 bits per heavy atom. The zero-order valence-electron chi connectivity index (χ0n) is 22.0. The molecule has 0 aromatic heterocycles. The molecule has 1 aromatic rings. The number of methoxy groups -OCH3 is 1. The number of dihydropyridines is 1. The van der Waals surface area contributed by atoms with Gasteiger partial charge in [0.2, 0.25) is 0 Å². The molecule has 0 saturated carbocycles. The fourth-order valence-electron chi connectivity index (χ4n) is 4.76. The molecule has 3 rings (SSSR count). The van der Waals surface area contributed by atoms with Crippen LogP contribution in [0.1, 0.15) is 58.9 Å². The van der Waals surface area contributed by atoms with Gasteiger partial charge in [-0.1, -0.05) is 26.0 Å². The van der Waals surface area contributed by atoms with Crippen LogP contribution in [-0.2, 0) is 28.6 Å². The van der Waals surface area contributed by atoms with Crippen molar-refractivity contribution in [3.05, 3.63) is 52.4 Å². The predicted octanol–water partition coefficient (Wildman–Crippen LogP) is 4.06. The monoisotopic (exact) mass is 499 g/mol. The number of allylic oxidation sites excluding steroid dienone is 3. The summed E-state index contributed by atoms with van der Waals surface area (Å²) in [5.41, 5.74) is 2.83. The average molecular weight is 500 g/mol. The lowest BCUT2D eigenvalue weighted by atomic mass is 9.69. The molecule has 2 aliphatic rings. The second-order valence-electron chi connectivity index (χ2n) is 9.51. The van der Waals surface area contributed by atoms with Crippen LogP contribution in [0, 0.1) is 11.8 Å². The van der Waals surface area contributed by atoms with Crippen LogP contribution in [-0.4, -0.2) is 50.8 Å². The van der Waals surface area contributed by atoms with Gasteiger partial charge in [-0.15, -0.1) is 0 Å². The molecule has 0 radical (unpaired) electrons. The number of ether oxygens (including phenoxy) is 4. The Hall–Kier alpha value is -3.13. The number of hydrogen-bond acceptors (Lipinski definition) is 8. The molecule has 8 nitrogen and oxygen atoms in total. The zero-order chi connectivity index (χ0) is 26.4. The Balaban J connectivity index is 2.01. The summed E-state index contributed by atoms with van der Waals surface area (Å²) in [7, 11) is 1.28. The van der Waals surface area contributed by atoms with E-state index < -0.39 is 23.8 Å². The minimum absolute atomic E-state index is 0.0204. The average Bonchev–Trinajstić information content (AvgIpc) is 2.84. The first-order valence-electron chi connectivity index (χ1n) is 12.5. The maximum Gasteiger partial charge on any atom is 0.336 e. The first-order chi connectivity index (χ1) is 17.2. The number of rotatable bonds is 10. The van der Waals surface area contributed by atoms with E-state index in [9.17, 15) is 14.4 Å². The van der Waals surface area contributed by atoms with E-state index in [-0.39, 0.29) is 31.0 Å². The highest BCUT2D eigenvalue weighted by Gasteiger charge is 2.47. The molecule has 0 saturated heterocycles. The van der Waals surface area contributed by atoms with E-state index in [2.05, 4.69) is 5.32 Å². The van der Waals surface area contributed by atoms with Gasteiger partial charge in [0.05, 0.1) is 32.0 Å². The Labute approximate surface area is 213 Å². The molecule has 1 N–H and O–H groups in total. The van der Waals surface area contributed by atoms with Crippen LogP contribution < -0.4 is 10.1 Å². The van der Waals surface area contributed by atoms with Crippen LogP contribution in [0.5, 0.6) is 5.75 Å². The van der Waals surface area contributed by atoms with Gasteiger partial charge < -0.3 is 24.3 Å². The molecule has 1 heterocycles. The molecule has 36 heavy (non-hydrogen) atoms. The molecule has 1 aromatic carbocycles. The summed E-state index contributed by atoms with van der Waals surface area (Å²) in [6.07, 6.45) is 1.38. The van der Waals surface area contributed by atoms with Crippen molar-refractivity contribution < 1.29 is 33.3 Å². The van der Waals surface area contributed by atoms with Gasteiger partial charge in [0, 0.05) is 22.9 Å². The quantitative estimate of drug-likeness (QED) is 0.292. The first kappa shape index (κ1) is 27.5. The molecule has 8 heteroatoms. The first-order valence-corrected chi connectivity index (χ1v) is 12.5. The van der Waals surface area contributed by atoms with Crippen molar-refractivity contribution >= 4 is 17.7 Å². The van der Waals surface area contributed by atoms with Gasteiger partial charge in [0.25, 0.3) is 0 Å². The normalized spacial score (nSPS) is 21.8. The van der Waals surface area contributed by atoms with Gasteiger partial charge >= 0.3 is 11.9 Å². The van der Waals surface area contributed by atoms with Crippen LogP contribution in [0.3, 0.4) is 0 Å². The summed E-state index contributed by atoms with van der Waals surface area (Å²) in [5, 5.41) is 3.26. The van der Waals surface area contributed by atoms with E-state index in [0.717, 1.165) is 17.7 Å². The molecule has 0 amide bonds. The van der Waals surface area contributed by atoms with Crippen molar-refractivity contribution in [3.8, 4) is 5.75 Å². The lowest BCUT2D eigenvalue weighted by Crippen LogP contribution is -2.43. The van der Waals surface area contributed by atoms with Crippen LogP contribution in [0.4, 0.5) is 0 Å². The highest BCUT2D eigenvalue weighted by molar-refractivity contribution is 6.12. The summed E-state index contributed by atoms with van der Waals surface area (Å²) in [5.74, 6) is -2.59. The number of ketones is 1. The van der Waals surface area contributed by atoms with E-state index >= 15 is 0 Å². The van der Waals surface area contributed by atoms with E-state index in [1.54, 1.807) is 6.92 Å². The molecule has 1 aliphatic heterocycles. The van der Waals surface area contributed by atoms with Crippen molar-refractivity contribution in [3.63, 3.8) is 0 Å². The van der Waals surface area contributed by atoms with Crippen molar-refractivity contribution in [1.29, 1.82) is 0 Å². The molecule has 0 spiro atoms. The molecular formula is C28H37NO7. The lowest BCUT2D eigenvalue weighted by molar-refractivity contribution is -0.151. The molecule has 0 unspecified atom stereocenters. The molecule has 3 atom stereocenters. The number of benzene rings is 1. The van der Waals surface area contributed by atoms with Gasteiger partial charge in [-0.25, -0.2) is 4.79 Å². The number of carbonyl (C=O) groups is 3. The maximum atomic E-state index is 13.8. The van der Waals surface area contributed by atoms with Crippen molar-refractivity contribution in [1.82, 2.24) is 5.32 Å². The Morgan fingerprint density at radius 2 is 1.81 bits per heavy atom. The van der Waals surface area contributed by atoms with Gasteiger partial charge in [-0.3, -0.25) is 9.59 Å². The highest BCUT2D eigenvalue weighted by Crippen LogP contribution is 2.45.